The minimum Gasteiger partial charge on any atom is -0.492 e. The van der Waals surface area contributed by atoms with Crippen molar-refractivity contribution in [2.24, 2.45) is 0 Å². The van der Waals surface area contributed by atoms with Gasteiger partial charge in [0.05, 0.1) is 22.1 Å². The van der Waals surface area contributed by atoms with Crippen LogP contribution in [0.25, 0.3) is 16.7 Å². The Kier molecular flexibility index (Phi) is 6.50. The molecule has 0 bridgehead atoms. The second kappa shape index (κ2) is 9.46. The van der Waals surface area contributed by atoms with Gasteiger partial charge < -0.3 is 10.1 Å². The highest BCUT2D eigenvalue weighted by molar-refractivity contribution is 14.1. The van der Waals surface area contributed by atoms with Crippen molar-refractivity contribution in [3.05, 3.63) is 62.9 Å². The number of nitrogens with zero attached hydrogens (tertiary/aromatic N) is 4. The predicted octanol–water partition coefficient (Wildman–Crippen LogP) is 3.82. The molecule has 4 rings (SSSR count). The molecule has 1 aromatic carbocycles. The molecular weight excluding hydrogens is 509 g/mol. The zero-order valence-corrected chi connectivity index (χ0v) is 19.2. The molecule has 3 aromatic rings. The Morgan fingerprint density at radius 3 is 2.94 bits per heavy atom. The molecule has 1 aliphatic carbocycles. The zero-order valence-electron chi connectivity index (χ0n) is 17.0. The number of nitrogens with one attached hydrogen (secondary N) is 1. The smallest absolute Gasteiger partial charge is 0.264 e. The molecule has 9 heteroatoms. The van der Waals surface area contributed by atoms with Crippen LogP contribution in [-0.2, 0) is 11.3 Å². The van der Waals surface area contributed by atoms with Gasteiger partial charge in [-0.15, -0.1) is 0 Å². The number of halogens is 1. The highest BCUT2D eigenvalue weighted by atomic mass is 127. The summed E-state index contributed by atoms with van der Waals surface area (Å²) in [5.41, 5.74) is 1.72. The van der Waals surface area contributed by atoms with Gasteiger partial charge in [-0.25, -0.2) is 9.67 Å². The topological polar surface area (TPSA) is 91.0 Å². The summed E-state index contributed by atoms with van der Waals surface area (Å²) in [5, 5.41) is 7.51. The number of amides is 1. The number of rotatable bonds is 7. The van der Waals surface area contributed by atoms with E-state index < -0.39 is 0 Å². The summed E-state index contributed by atoms with van der Waals surface area (Å²) >= 11 is 2.17. The first kappa shape index (κ1) is 21.3. The molecule has 0 unspecified atom stereocenters. The van der Waals surface area contributed by atoms with Crippen LogP contribution >= 0.6 is 22.6 Å². The molecule has 0 radical (unpaired) electrons. The SMILES string of the molecule is CCCOc1ccc(NC(=O)Cn2cnc3c(cnn3C3=CCCC=C3)c2=O)cc1I. The van der Waals surface area contributed by atoms with E-state index in [1.807, 2.05) is 25.1 Å². The summed E-state index contributed by atoms with van der Waals surface area (Å²) in [6.45, 7) is 2.55. The van der Waals surface area contributed by atoms with Gasteiger partial charge in [0.2, 0.25) is 5.91 Å². The third-order valence-corrected chi connectivity index (χ3v) is 5.61. The Morgan fingerprint density at radius 2 is 2.19 bits per heavy atom. The molecule has 0 atom stereocenters. The van der Waals surface area contributed by atoms with Crippen LogP contribution in [0.3, 0.4) is 0 Å². The van der Waals surface area contributed by atoms with Crippen molar-refractivity contribution in [2.45, 2.75) is 32.7 Å². The largest absolute Gasteiger partial charge is 0.492 e. The molecule has 1 N–H and O–H groups in total. The van der Waals surface area contributed by atoms with Crippen LogP contribution in [0.4, 0.5) is 5.69 Å². The average molecular weight is 531 g/mol. The van der Waals surface area contributed by atoms with E-state index >= 15 is 0 Å². The standard InChI is InChI=1S/C22H22IN5O3/c1-2-10-31-19-9-8-15(11-18(19)23)26-20(29)13-27-14-24-21-17(22(27)30)12-25-28(21)16-6-4-3-5-7-16/h4,6-9,11-12,14H,2-3,5,10,13H2,1H3,(H,26,29). The van der Waals surface area contributed by atoms with E-state index in [-0.39, 0.29) is 18.0 Å². The third kappa shape index (κ3) is 4.71. The first-order valence-corrected chi connectivity index (χ1v) is 11.2. The molecule has 0 spiro atoms. The predicted molar refractivity (Wildman–Crippen MR) is 128 cm³/mol. The molecule has 0 saturated carbocycles. The highest BCUT2D eigenvalue weighted by Gasteiger charge is 2.14. The second-order valence-electron chi connectivity index (χ2n) is 7.12. The Balaban J connectivity index is 1.50. The number of ether oxygens (including phenoxy) is 1. The van der Waals surface area contributed by atoms with Gasteiger partial charge in [-0.2, -0.15) is 5.10 Å². The van der Waals surface area contributed by atoms with E-state index in [2.05, 4.69) is 50.1 Å². The van der Waals surface area contributed by atoms with E-state index in [1.54, 1.807) is 10.7 Å². The molecule has 8 nitrogen and oxygen atoms in total. The maximum absolute atomic E-state index is 12.8. The van der Waals surface area contributed by atoms with Crippen LogP contribution in [0.5, 0.6) is 5.75 Å². The summed E-state index contributed by atoms with van der Waals surface area (Å²) in [5.74, 6) is 0.470. The molecule has 1 aliphatic rings. The maximum atomic E-state index is 12.8. The van der Waals surface area contributed by atoms with Crippen molar-refractivity contribution in [1.29, 1.82) is 0 Å². The van der Waals surface area contributed by atoms with Crippen LogP contribution in [0.15, 0.2) is 53.7 Å². The number of carbonyl (C=O) groups excluding carboxylic acids is 1. The quantitative estimate of drug-likeness (QED) is 0.469. The summed E-state index contributed by atoms with van der Waals surface area (Å²) < 4.78 is 9.50. The van der Waals surface area contributed by atoms with Crippen LogP contribution < -0.4 is 15.6 Å². The summed E-state index contributed by atoms with van der Waals surface area (Å²) in [6.07, 6.45) is 11.8. The Bertz CT molecular complexity index is 1240. The molecule has 0 saturated heterocycles. The number of allylic oxidation sites excluding steroid dienone is 4. The van der Waals surface area contributed by atoms with Crippen molar-refractivity contribution >= 4 is 50.9 Å². The fourth-order valence-corrected chi connectivity index (χ4v) is 3.94. The molecular formula is C22H22IN5O3. The molecule has 31 heavy (non-hydrogen) atoms. The van der Waals surface area contributed by atoms with Crippen LogP contribution in [-0.4, -0.2) is 31.8 Å². The third-order valence-electron chi connectivity index (χ3n) is 4.77. The molecule has 2 aromatic heterocycles. The molecule has 0 aliphatic heterocycles. The normalized spacial score (nSPS) is 13.3. The molecule has 160 valence electrons. The number of hydrogen-bond donors (Lipinski definition) is 1. The first-order chi connectivity index (χ1) is 15.1. The van der Waals surface area contributed by atoms with Crippen LogP contribution in [0.1, 0.15) is 26.2 Å². The maximum Gasteiger partial charge on any atom is 0.264 e. The minimum absolute atomic E-state index is 0.139. The van der Waals surface area contributed by atoms with Gasteiger partial charge in [0, 0.05) is 5.69 Å². The zero-order chi connectivity index (χ0) is 21.8. The lowest BCUT2D eigenvalue weighted by molar-refractivity contribution is -0.116. The highest BCUT2D eigenvalue weighted by Crippen LogP contribution is 2.24. The summed E-state index contributed by atoms with van der Waals surface area (Å²) in [6, 6.07) is 5.45. The van der Waals surface area contributed by atoms with E-state index in [9.17, 15) is 9.59 Å². The van der Waals surface area contributed by atoms with Crippen molar-refractivity contribution in [3.8, 4) is 5.75 Å². The fourth-order valence-electron chi connectivity index (χ4n) is 3.27. The van der Waals surface area contributed by atoms with Gasteiger partial charge in [-0.05, 0) is 66.1 Å². The molecule has 2 heterocycles. The van der Waals surface area contributed by atoms with E-state index in [1.165, 1.54) is 17.1 Å². The van der Waals surface area contributed by atoms with Gasteiger partial charge in [0.15, 0.2) is 5.65 Å². The number of fused-ring (bicyclic) bond motifs is 1. The number of hydrogen-bond acceptors (Lipinski definition) is 5. The first-order valence-electron chi connectivity index (χ1n) is 10.1. The van der Waals surface area contributed by atoms with Crippen LogP contribution in [0.2, 0.25) is 0 Å². The molecule has 1 amide bonds. The minimum atomic E-state index is -0.313. The van der Waals surface area contributed by atoms with Gasteiger partial charge in [0.25, 0.3) is 5.56 Å². The van der Waals surface area contributed by atoms with Crippen molar-refractivity contribution in [3.63, 3.8) is 0 Å². The lowest BCUT2D eigenvalue weighted by Crippen LogP contribution is -2.27. The van der Waals surface area contributed by atoms with Gasteiger partial charge in [-0.1, -0.05) is 19.1 Å². The number of aromatic nitrogens is 4. The summed E-state index contributed by atoms with van der Waals surface area (Å²) in [4.78, 5) is 29.7. The Hall–Kier alpha value is -2.95. The van der Waals surface area contributed by atoms with Crippen molar-refractivity contribution in [2.75, 3.05) is 11.9 Å². The average Bonchev–Trinajstić information content (AvgIpc) is 3.21. The number of carbonyl (C=O) groups is 1. The van der Waals surface area contributed by atoms with Gasteiger partial charge in [0.1, 0.15) is 24.0 Å². The summed E-state index contributed by atoms with van der Waals surface area (Å²) in [7, 11) is 0. The lowest BCUT2D eigenvalue weighted by atomic mass is 10.1. The van der Waals surface area contributed by atoms with E-state index in [0.29, 0.717) is 23.3 Å². The Morgan fingerprint density at radius 1 is 1.32 bits per heavy atom. The number of anilines is 1. The van der Waals surface area contributed by atoms with E-state index in [4.69, 9.17) is 4.74 Å². The fraction of sp³-hybridized carbons (Fsp3) is 0.273. The van der Waals surface area contributed by atoms with Gasteiger partial charge in [-0.3, -0.25) is 14.2 Å². The monoisotopic (exact) mass is 531 g/mol. The second-order valence-corrected chi connectivity index (χ2v) is 8.28. The van der Waals surface area contributed by atoms with Crippen molar-refractivity contribution < 1.29 is 9.53 Å². The lowest BCUT2D eigenvalue weighted by Gasteiger charge is -2.11. The Labute approximate surface area is 192 Å². The number of benzene rings is 1. The van der Waals surface area contributed by atoms with E-state index in [0.717, 1.165) is 34.3 Å². The van der Waals surface area contributed by atoms with Gasteiger partial charge >= 0.3 is 0 Å². The van der Waals surface area contributed by atoms with Crippen LogP contribution in [0, 0.1) is 3.57 Å². The molecule has 0 fully saturated rings. The van der Waals surface area contributed by atoms with Crippen molar-refractivity contribution in [1.82, 2.24) is 19.3 Å².